The van der Waals surface area contributed by atoms with Gasteiger partial charge in [0.2, 0.25) is 11.9 Å². The minimum Gasteiger partial charge on any atom is -0.356 e. The van der Waals surface area contributed by atoms with Crippen LogP contribution in [0.15, 0.2) is 30.6 Å². The van der Waals surface area contributed by atoms with Crippen LogP contribution in [0, 0.1) is 24.6 Å². The Kier molecular flexibility index (Phi) is 5.09. The van der Waals surface area contributed by atoms with Crippen molar-refractivity contribution in [3.63, 3.8) is 0 Å². The molecule has 172 valence electrons. The number of anilines is 4. The van der Waals surface area contributed by atoms with E-state index in [4.69, 9.17) is 21.7 Å². The van der Waals surface area contributed by atoms with Gasteiger partial charge in [0.15, 0.2) is 0 Å². The van der Waals surface area contributed by atoms with Crippen molar-refractivity contribution in [2.24, 2.45) is 11.8 Å². The van der Waals surface area contributed by atoms with Crippen LogP contribution in [0.25, 0.3) is 0 Å². The van der Waals surface area contributed by atoms with Gasteiger partial charge in [-0.3, -0.25) is 0 Å². The van der Waals surface area contributed by atoms with E-state index >= 15 is 0 Å². The number of aromatic nitrogens is 5. The van der Waals surface area contributed by atoms with E-state index in [-0.39, 0.29) is 5.82 Å². The maximum Gasteiger partial charge on any atom is 0.244 e. The molecule has 8 nitrogen and oxygen atoms in total. The molecule has 2 bridgehead atoms. The van der Waals surface area contributed by atoms with Gasteiger partial charge in [0, 0.05) is 44.0 Å². The molecular weight excluding hydrogens is 443 g/mol. The number of fused-ring (bicyclic) bond motifs is 3. The van der Waals surface area contributed by atoms with E-state index < -0.39 is 0 Å². The van der Waals surface area contributed by atoms with Gasteiger partial charge in [-0.1, -0.05) is 17.7 Å². The maximum atomic E-state index is 14.2. The smallest absolute Gasteiger partial charge is 0.244 e. The fourth-order valence-electron chi connectivity index (χ4n) is 5.51. The fourth-order valence-corrected chi connectivity index (χ4v) is 5.65. The first kappa shape index (κ1) is 20.7. The second kappa shape index (κ2) is 8.13. The van der Waals surface area contributed by atoms with Gasteiger partial charge in [0.25, 0.3) is 0 Å². The van der Waals surface area contributed by atoms with E-state index in [1.165, 1.54) is 19.2 Å². The number of nitrogens with one attached hydrogen (secondary N) is 1. The normalized spacial score (nSPS) is 24.2. The quantitative estimate of drug-likeness (QED) is 0.579. The van der Waals surface area contributed by atoms with E-state index in [9.17, 15) is 4.39 Å². The molecule has 33 heavy (non-hydrogen) atoms. The zero-order valence-electron chi connectivity index (χ0n) is 18.5. The first-order chi connectivity index (χ1) is 16.0. The van der Waals surface area contributed by atoms with Crippen LogP contribution < -0.4 is 15.1 Å². The molecule has 2 atom stereocenters. The highest BCUT2D eigenvalue weighted by atomic mass is 35.5. The van der Waals surface area contributed by atoms with Gasteiger partial charge in [-0.15, -0.1) is 5.10 Å². The van der Waals surface area contributed by atoms with Gasteiger partial charge in [-0.2, -0.15) is 4.98 Å². The SMILES string of the molecule is Cc1ccc(N2CCCn3nc(NC4C5CCC4CN(c4cc(Cl)ncn4)C5)nc32)cc1F. The highest BCUT2D eigenvalue weighted by Crippen LogP contribution is 2.40. The predicted molar refractivity (Wildman–Crippen MR) is 126 cm³/mol. The summed E-state index contributed by atoms with van der Waals surface area (Å²) in [4.78, 5) is 17.6. The van der Waals surface area contributed by atoms with E-state index in [0.29, 0.717) is 34.5 Å². The average molecular weight is 469 g/mol. The second-order valence-electron chi connectivity index (χ2n) is 9.27. The van der Waals surface area contributed by atoms with E-state index in [2.05, 4.69) is 25.1 Å². The molecule has 2 unspecified atom stereocenters. The lowest BCUT2D eigenvalue weighted by atomic mass is 9.92. The fraction of sp³-hybridized carbons (Fsp3) is 0.478. The molecular formula is C23H26ClFN8. The zero-order valence-corrected chi connectivity index (χ0v) is 19.2. The van der Waals surface area contributed by atoms with E-state index in [0.717, 1.165) is 50.1 Å². The highest BCUT2D eigenvalue weighted by Gasteiger charge is 2.43. The van der Waals surface area contributed by atoms with Crippen LogP contribution in [-0.4, -0.2) is 50.4 Å². The summed E-state index contributed by atoms with van der Waals surface area (Å²) in [5.41, 5.74) is 1.46. The molecule has 0 spiro atoms. The molecule has 1 N–H and O–H groups in total. The highest BCUT2D eigenvalue weighted by molar-refractivity contribution is 6.29. The van der Waals surface area contributed by atoms with Crippen LogP contribution in [-0.2, 0) is 6.54 Å². The molecule has 0 radical (unpaired) electrons. The average Bonchev–Trinajstić information content (AvgIpc) is 3.31. The van der Waals surface area contributed by atoms with Crippen molar-refractivity contribution in [2.75, 3.05) is 34.8 Å². The number of hydrogen-bond donors (Lipinski definition) is 1. The monoisotopic (exact) mass is 468 g/mol. The summed E-state index contributed by atoms with van der Waals surface area (Å²) in [6.07, 6.45) is 4.80. The van der Waals surface area contributed by atoms with Gasteiger partial charge in [-0.25, -0.2) is 19.0 Å². The molecule has 2 fully saturated rings. The summed E-state index contributed by atoms with van der Waals surface area (Å²) in [5.74, 6) is 3.09. The summed E-state index contributed by atoms with van der Waals surface area (Å²) < 4.78 is 16.1. The molecule has 1 aromatic carbocycles. The first-order valence-electron chi connectivity index (χ1n) is 11.5. The third kappa shape index (κ3) is 3.78. The van der Waals surface area contributed by atoms with Crippen molar-refractivity contribution in [3.05, 3.63) is 47.1 Å². The Morgan fingerprint density at radius 1 is 1.09 bits per heavy atom. The lowest BCUT2D eigenvalue weighted by molar-refractivity contribution is 0.374. The lowest BCUT2D eigenvalue weighted by Gasteiger charge is -2.38. The Morgan fingerprint density at radius 2 is 1.91 bits per heavy atom. The van der Waals surface area contributed by atoms with Crippen LogP contribution in [0.1, 0.15) is 24.8 Å². The summed E-state index contributed by atoms with van der Waals surface area (Å²) in [5, 5.41) is 8.87. The summed E-state index contributed by atoms with van der Waals surface area (Å²) in [7, 11) is 0. The topological polar surface area (TPSA) is 75.0 Å². The van der Waals surface area contributed by atoms with Gasteiger partial charge < -0.3 is 15.1 Å². The number of benzene rings is 1. The molecule has 1 aliphatic carbocycles. The summed E-state index contributed by atoms with van der Waals surface area (Å²) >= 11 is 6.08. The minimum atomic E-state index is -0.198. The van der Waals surface area contributed by atoms with Crippen LogP contribution in [0.4, 0.5) is 27.8 Å². The van der Waals surface area contributed by atoms with E-state index in [1.54, 1.807) is 13.0 Å². The molecule has 2 aliphatic heterocycles. The van der Waals surface area contributed by atoms with Gasteiger partial charge in [0.1, 0.15) is 23.1 Å². The number of piperidine rings is 1. The number of nitrogens with zero attached hydrogens (tertiary/aromatic N) is 7. The van der Waals surface area contributed by atoms with Crippen molar-refractivity contribution in [1.82, 2.24) is 24.7 Å². The molecule has 6 rings (SSSR count). The Labute approximate surface area is 196 Å². The van der Waals surface area contributed by atoms with Crippen molar-refractivity contribution in [2.45, 2.75) is 38.8 Å². The number of halogens is 2. The largest absolute Gasteiger partial charge is 0.356 e. The molecule has 2 aromatic heterocycles. The Bertz CT molecular complexity index is 1170. The standard InChI is InChI=1S/C23H26ClFN8/c1-14-3-6-17(9-18(14)25)32-7-2-8-33-23(32)29-22(30-33)28-21-15-4-5-16(21)12-31(11-15)20-10-19(24)26-13-27-20/h3,6,9-10,13,15-16,21H,2,4-5,7-8,11-12H2,1H3,(H,28,30). The molecule has 3 aliphatic rings. The Balaban J connectivity index is 1.21. The van der Waals surface area contributed by atoms with Gasteiger partial charge in [-0.05, 0) is 55.7 Å². The summed E-state index contributed by atoms with van der Waals surface area (Å²) in [6, 6.07) is 7.51. The van der Waals surface area contributed by atoms with Crippen LogP contribution >= 0.6 is 11.6 Å². The maximum absolute atomic E-state index is 14.2. The third-order valence-corrected chi connectivity index (χ3v) is 7.39. The van der Waals surface area contributed by atoms with Crippen molar-refractivity contribution in [1.29, 1.82) is 0 Å². The second-order valence-corrected chi connectivity index (χ2v) is 9.66. The Morgan fingerprint density at radius 3 is 2.67 bits per heavy atom. The number of rotatable bonds is 4. The zero-order chi connectivity index (χ0) is 22.5. The summed E-state index contributed by atoms with van der Waals surface area (Å²) in [6.45, 7) is 5.23. The van der Waals surface area contributed by atoms with Crippen molar-refractivity contribution >= 4 is 35.0 Å². The first-order valence-corrected chi connectivity index (χ1v) is 11.9. The minimum absolute atomic E-state index is 0.198. The van der Waals surface area contributed by atoms with Crippen LogP contribution in [0.2, 0.25) is 5.15 Å². The number of aryl methyl sites for hydroxylation is 2. The van der Waals surface area contributed by atoms with Crippen LogP contribution in [0.3, 0.4) is 0 Å². The lowest BCUT2D eigenvalue weighted by Crippen LogP contribution is -2.48. The molecule has 1 saturated heterocycles. The molecule has 1 saturated carbocycles. The predicted octanol–water partition coefficient (Wildman–Crippen LogP) is 4.04. The molecule has 3 aromatic rings. The van der Waals surface area contributed by atoms with E-state index in [1.807, 2.05) is 22.9 Å². The van der Waals surface area contributed by atoms with Gasteiger partial charge in [0.05, 0.1) is 0 Å². The Hall–Kier alpha value is -2.94. The molecule has 10 heteroatoms. The number of hydrogen-bond acceptors (Lipinski definition) is 7. The van der Waals surface area contributed by atoms with Crippen molar-refractivity contribution in [3.8, 4) is 0 Å². The van der Waals surface area contributed by atoms with Crippen molar-refractivity contribution < 1.29 is 4.39 Å². The molecule has 4 heterocycles. The van der Waals surface area contributed by atoms with Gasteiger partial charge >= 0.3 is 0 Å². The third-order valence-electron chi connectivity index (χ3n) is 7.19. The molecule has 0 amide bonds. The van der Waals surface area contributed by atoms with Crippen LogP contribution in [0.5, 0.6) is 0 Å².